The van der Waals surface area contributed by atoms with Crippen LogP contribution in [0.2, 0.25) is 0 Å². The molecule has 1 N–H and O–H groups in total. The van der Waals surface area contributed by atoms with E-state index in [0.717, 1.165) is 21.0 Å². The number of aromatic amines is 1. The Bertz CT molecular complexity index is 587. The molecule has 3 rings (SSSR count). The van der Waals surface area contributed by atoms with Gasteiger partial charge < -0.3 is 0 Å². The summed E-state index contributed by atoms with van der Waals surface area (Å²) in [4.78, 5) is 15.9. The molecule has 2 heterocycles. The Balaban J connectivity index is 1.77. The Kier molecular flexibility index (Phi) is 2.88. The quantitative estimate of drug-likeness (QED) is 0.718. The molecule has 84 valence electrons. The van der Waals surface area contributed by atoms with Gasteiger partial charge >= 0.3 is 105 Å². The van der Waals surface area contributed by atoms with Gasteiger partial charge in [-0.15, -0.1) is 0 Å². The van der Waals surface area contributed by atoms with Crippen LogP contribution in [-0.4, -0.2) is 35.7 Å². The standard InChI is InChI=1S/C12H11AsN4/c1-2-4-9(5-3-1)6-13-12-16-10-7-14-8-15-11(10)17-12/h1-5,7-8,13H,6H2,(H,14,15,16,17). The molecule has 0 radical (unpaired) electrons. The predicted octanol–water partition coefficient (Wildman–Crippen LogP) is 0.615. The Morgan fingerprint density at radius 3 is 2.88 bits per heavy atom. The molecule has 17 heavy (non-hydrogen) atoms. The van der Waals surface area contributed by atoms with Gasteiger partial charge in [0.2, 0.25) is 0 Å². The number of H-pyrrole nitrogens is 1. The first-order valence-corrected chi connectivity index (χ1v) is 7.88. The fourth-order valence-corrected chi connectivity index (χ4v) is 3.76. The molecule has 0 aliphatic carbocycles. The molecule has 2 aromatic heterocycles. The summed E-state index contributed by atoms with van der Waals surface area (Å²) in [5, 5.41) is 1.11. The third-order valence-corrected chi connectivity index (χ3v) is 4.89. The van der Waals surface area contributed by atoms with Gasteiger partial charge in [-0.25, -0.2) is 0 Å². The van der Waals surface area contributed by atoms with Crippen molar-refractivity contribution >= 4 is 31.5 Å². The van der Waals surface area contributed by atoms with Crippen molar-refractivity contribution in [3.8, 4) is 0 Å². The Labute approximate surface area is 105 Å². The molecule has 0 aliphatic rings. The van der Waals surface area contributed by atoms with Crippen LogP contribution in [0.4, 0.5) is 0 Å². The second kappa shape index (κ2) is 4.68. The topological polar surface area (TPSA) is 54.5 Å². The van der Waals surface area contributed by atoms with Crippen molar-refractivity contribution in [1.82, 2.24) is 19.9 Å². The van der Waals surface area contributed by atoms with Crippen molar-refractivity contribution in [2.24, 2.45) is 0 Å². The fourth-order valence-electron chi connectivity index (χ4n) is 1.63. The maximum absolute atomic E-state index is 4.48. The summed E-state index contributed by atoms with van der Waals surface area (Å²) in [7, 11) is 0. The zero-order valence-electron chi connectivity index (χ0n) is 9.09. The van der Waals surface area contributed by atoms with Gasteiger partial charge in [-0.1, -0.05) is 0 Å². The van der Waals surface area contributed by atoms with E-state index in [4.69, 9.17) is 0 Å². The van der Waals surface area contributed by atoms with Gasteiger partial charge in [-0.2, -0.15) is 0 Å². The Hall–Kier alpha value is -1.67. The third-order valence-electron chi connectivity index (χ3n) is 2.46. The summed E-state index contributed by atoms with van der Waals surface area (Å²) in [6, 6.07) is 10.5. The van der Waals surface area contributed by atoms with Crippen molar-refractivity contribution in [2.75, 3.05) is 0 Å². The Morgan fingerprint density at radius 1 is 1.18 bits per heavy atom. The molecule has 1 unspecified atom stereocenters. The normalized spacial score (nSPS) is 11.5. The van der Waals surface area contributed by atoms with Gasteiger partial charge in [0.05, 0.1) is 0 Å². The van der Waals surface area contributed by atoms with Gasteiger partial charge in [0.1, 0.15) is 0 Å². The number of imidazole rings is 1. The third kappa shape index (κ3) is 2.37. The van der Waals surface area contributed by atoms with Gasteiger partial charge in [0.25, 0.3) is 0 Å². The molecular weight excluding hydrogens is 275 g/mol. The van der Waals surface area contributed by atoms with Crippen LogP contribution in [0, 0.1) is 0 Å². The molecule has 0 saturated heterocycles. The zero-order chi connectivity index (χ0) is 11.5. The van der Waals surface area contributed by atoms with Crippen LogP contribution in [0.5, 0.6) is 0 Å². The van der Waals surface area contributed by atoms with Gasteiger partial charge in [-0.3, -0.25) is 0 Å². The van der Waals surface area contributed by atoms with Crippen molar-refractivity contribution < 1.29 is 0 Å². The van der Waals surface area contributed by atoms with Crippen molar-refractivity contribution in [1.29, 1.82) is 0 Å². The van der Waals surface area contributed by atoms with E-state index in [1.807, 2.05) is 6.07 Å². The molecule has 0 aliphatic heterocycles. The average molecular weight is 286 g/mol. The Morgan fingerprint density at radius 2 is 2.06 bits per heavy atom. The first kappa shape index (κ1) is 10.5. The van der Waals surface area contributed by atoms with Crippen LogP contribution < -0.4 is 4.61 Å². The van der Waals surface area contributed by atoms with Crippen molar-refractivity contribution in [2.45, 2.75) is 5.21 Å². The maximum atomic E-state index is 4.48. The van der Waals surface area contributed by atoms with Crippen molar-refractivity contribution in [3.05, 3.63) is 48.4 Å². The van der Waals surface area contributed by atoms with E-state index in [0.29, 0.717) is 0 Å². The summed E-state index contributed by atoms with van der Waals surface area (Å²) in [6.07, 6.45) is 3.30. The number of nitrogens with one attached hydrogen (secondary N) is 1. The summed E-state index contributed by atoms with van der Waals surface area (Å²) >= 11 is -0.274. The second-order valence-corrected chi connectivity index (χ2v) is 6.16. The zero-order valence-corrected chi connectivity index (χ0v) is 11.2. The van der Waals surface area contributed by atoms with Gasteiger partial charge in [-0.05, 0) is 0 Å². The molecule has 0 saturated carbocycles. The predicted molar refractivity (Wildman–Crippen MR) is 68.6 cm³/mol. The second-order valence-electron chi connectivity index (χ2n) is 3.68. The average Bonchev–Trinajstić information content (AvgIpc) is 2.80. The number of nitrogens with zero attached hydrogens (tertiary/aromatic N) is 3. The number of benzene rings is 1. The molecule has 1 aromatic carbocycles. The van der Waals surface area contributed by atoms with Gasteiger partial charge in [0, 0.05) is 0 Å². The van der Waals surface area contributed by atoms with E-state index in [-0.39, 0.29) is 15.8 Å². The number of fused-ring (bicyclic) bond motifs is 1. The summed E-state index contributed by atoms with van der Waals surface area (Å²) in [6.45, 7) is 0. The van der Waals surface area contributed by atoms with E-state index in [2.05, 4.69) is 44.2 Å². The SMILES string of the molecule is c1ccc(C[AsH]c2nc3ncncc3[nH]2)cc1. The van der Waals surface area contributed by atoms with E-state index in [1.165, 1.54) is 11.9 Å². The van der Waals surface area contributed by atoms with E-state index < -0.39 is 0 Å². The van der Waals surface area contributed by atoms with Crippen LogP contribution in [0.15, 0.2) is 42.9 Å². The summed E-state index contributed by atoms with van der Waals surface area (Å²) in [5.74, 6) is 0. The molecule has 0 spiro atoms. The summed E-state index contributed by atoms with van der Waals surface area (Å²) in [5.41, 5.74) is 3.07. The van der Waals surface area contributed by atoms with Gasteiger partial charge in [0.15, 0.2) is 0 Å². The van der Waals surface area contributed by atoms with Crippen LogP contribution in [0.1, 0.15) is 5.56 Å². The molecule has 1 atom stereocenters. The first-order valence-electron chi connectivity index (χ1n) is 5.35. The number of aromatic nitrogens is 4. The molecule has 0 amide bonds. The van der Waals surface area contributed by atoms with Crippen LogP contribution >= 0.6 is 0 Å². The van der Waals surface area contributed by atoms with Crippen molar-refractivity contribution in [3.63, 3.8) is 0 Å². The molecule has 0 fully saturated rings. The molecule has 0 bridgehead atoms. The summed E-state index contributed by atoms with van der Waals surface area (Å²) < 4.78 is 1.09. The van der Waals surface area contributed by atoms with E-state index in [1.54, 1.807) is 6.20 Å². The minimum absolute atomic E-state index is 0.274. The molecule has 4 nitrogen and oxygen atoms in total. The van der Waals surface area contributed by atoms with E-state index >= 15 is 0 Å². The minimum atomic E-state index is -0.274. The van der Waals surface area contributed by atoms with E-state index in [9.17, 15) is 0 Å². The number of hydrogen-bond donors (Lipinski definition) is 1. The molecule has 5 heteroatoms. The van der Waals surface area contributed by atoms with Crippen LogP contribution in [0.25, 0.3) is 11.2 Å². The number of rotatable bonds is 3. The van der Waals surface area contributed by atoms with Crippen LogP contribution in [-0.2, 0) is 5.21 Å². The monoisotopic (exact) mass is 286 g/mol. The fraction of sp³-hybridized carbons (Fsp3) is 0.0833. The first-order chi connectivity index (χ1) is 8.42. The number of hydrogen-bond acceptors (Lipinski definition) is 3. The van der Waals surface area contributed by atoms with Crippen LogP contribution in [0.3, 0.4) is 0 Å². The molecule has 3 aromatic rings. The molecular formula is C12H11AsN4.